The molecule has 0 radical (unpaired) electrons. The van der Waals surface area contributed by atoms with Crippen LogP contribution in [-0.4, -0.2) is 42.4 Å². The van der Waals surface area contributed by atoms with Crippen molar-refractivity contribution in [3.8, 4) is 11.8 Å². The highest BCUT2D eigenvalue weighted by Gasteiger charge is 2.75. The van der Waals surface area contributed by atoms with E-state index in [1.54, 1.807) is 25.4 Å². The quantitative estimate of drug-likeness (QED) is 0.420. The fourth-order valence-electron chi connectivity index (χ4n) is 8.10. The highest BCUT2D eigenvalue weighted by molar-refractivity contribution is 5.37. The molecule has 3 saturated carbocycles. The second-order valence-electron chi connectivity index (χ2n) is 10.7. The van der Waals surface area contributed by atoms with Crippen LogP contribution in [0, 0.1) is 40.4 Å². The van der Waals surface area contributed by atoms with Crippen LogP contribution in [0.3, 0.4) is 0 Å². The average Bonchev–Trinajstić information content (AvgIpc) is 3.50. The minimum atomic E-state index is -0.930. The van der Waals surface area contributed by atoms with Crippen molar-refractivity contribution in [2.24, 2.45) is 28.6 Å². The first-order chi connectivity index (χ1) is 13.9. The van der Waals surface area contributed by atoms with Crippen molar-refractivity contribution in [1.82, 2.24) is 0 Å². The molecule has 3 fully saturated rings. The van der Waals surface area contributed by atoms with E-state index in [2.05, 4.69) is 18.8 Å². The van der Waals surface area contributed by atoms with Gasteiger partial charge in [0.1, 0.15) is 12.2 Å². The van der Waals surface area contributed by atoms with Crippen LogP contribution < -0.4 is 0 Å². The second-order valence-corrected chi connectivity index (χ2v) is 10.7. The molecule has 0 aromatic rings. The van der Waals surface area contributed by atoms with Gasteiger partial charge in [-0.2, -0.15) is 0 Å². The highest BCUT2D eigenvalue weighted by Crippen LogP contribution is 2.76. The Morgan fingerprint density at radius 1 is 1.07 bits per heavy atom. The maximum Gasteiger partial charge on any atom is 0.171 e. The zero-order valence-corrected chi connectivity index (χ0v) is 18.2. The number of ether oxygens (including phenoxy) is 2. The minimum absolute atomic E-state index is 0.0219. The first kappa shape index (κ1) is 20.1. The van der Waals surface area contributed by atoms with Crippen LogP contribution in [0.4, 0.5) is 0 Å². The summed E-state index contributed by atoms with van der Waals surface area (Å²) in [7, 11) is 3.54. The topological polar surface area (TPSA) is 58.9 Å². The number of rotatable bonds is 2. The molecule has 0 amide bonds. The van der Waals surface area contributed by atoms with Crippen LogP contribution in [0.5, 0.6) is 0 Å². The number of hydrogen-bond acceptors (Lipinski definition) is 4. The molecule has 160 valence electrons. The largest absolute Gasteiger partial charge is 0.384 e. The summed E-state index contributed by atoms with van der Waals surface area (Å²) in [5.41, 5.74) is 2.17. The number of aliphatic hydroxyl groups is 2. The molecule has 5 aliphatic carbocycles. The molecule has 0 bridgehead atoms. The van der Waals surface area contributed by atoms with Gasteiger partial charge in [0, 0.05) is 37.9 Å². The van der Waals surface area contributed by atoms with Crippen LogP contribution in [0.2, 0.25) is 0 Å². The Morgan fingerprint density at radius 2 is 1.83 bits per heavy atom. The number of allylic oxidation sites excluding steroid dienone is 1. The predicted molar refractivity (Wildman–Crippen MR) is 111 cm³/mol. The van der Waals surface area contributed by atoms with Gasteiger partial charge in [-0.3, -0.25) is 0 Å². The molecular weight excluding hydrogens is 364 g/mol. The number of hydrogen-bond donors (Lipinski definition) is 2. The molecule has 4 heteroatoms. The van der Waals surface area contributed by atoms with Crippen LogP contribution in [0.15, 0.2) is 11.1 Å². The van der Waals surface area contributed by atoms with Gasteiger partial charge >= 0.3 is 0 Å². The van der Waals surface area contributed by atoms with Crippen molar-refractivity contribution < 1.29 is 19.7 Å². The summed E-state index contributed by atoms with van der Waals surface area (Å²) >= 11 is 0. The summed E-state index contributed by atoms with van der Waals surface area (Å²) in [5.74, 6) is 7.45. The zero-order chi connectivity index (χ0) is 20.5. The molecule has 0 saturated heterocycles. The summed E-state index contributed by atoms with van der Waals surface area (Å²) < 4.78 is 11.5. The Labute approximate surface area is 175 Å². The Balaban J connectivity index is 1.47. The van der Waals surface area contributed by atoms with E-state index in [1.165, 1.54) is 6.42 Å². The van der Waals surface area contributed by atoms with Gasteiger partial charge in [-0.05, 0) is 69.1 Å². The summed E-state index contributed by atoms with van der Waals surface area (Å²) in [6.07, 6.45) is 10.8. The number of methoxy groups -OCH3 is 2. The van der Waals surface area contributed by atoms with Gasteiger partial charge in [0.25, 0.3) is 0 Å². The van der Waals surface area contributed by atoms with Crippen LogP contribution in [0.25, 0.3) is 0 Å². The fourth-order valence-corrected chi connectivity index (χ4v) is 8.10. The highest BCUT2D eigenvalue weighted by atomic mass is 16.7. The lowest BCUT2D eigenvalue weighted by molar-refractivity contribution is -0.213. The molecule has 0 unspecified atom stereocenters. The Hall–Kier alpha value is -0.860. The third kappa shape index (κ3) is 2.54. The standard InChI is InChI=1S/C25H36O4/c1-22-10-7-19-18-8-11-24(28-2,29-3)15-17(18)5-6-20(19)21(22)16-23(12-13-23)25(22,27)9-4-14-26/h19-21,26-27H,5-8,10-16H2,1-3H3/t19-,20-,21+,22+,25-/m1/s1. The monoisotopic (exact) mass is 400 g/mol. The normalized spacial score (nSPS) is 43.8. The summed E-state index contributed by atoms with van der Waals surface area (Å²) in [6, 6.07) is 0. The number of fused-ring (bicyclic) bond motifs is 4. The van der Waals surface area contributed by atoms with E-state index < -0.39 is 11.4 Å². The van der Waals surface area contributed by atoms with Crippen LogP contribution in [0.1, 0.15) is 71.1 Å². The van der Waals surface area contributed by atoms with Crippen molar-refractivity contribution in [3.63, 3.8) is 0 Å². The molecule has 2 N–H and O–H groups in total. The van der Waals surface area contributed by atoms with Crippen molar-refractivity contribution in [3.05, 3.63) is 11.1 Å². The van der Waals surface area contributed by atoms with Crippen molar-refractivity contribution in [2.75, 3.05) is 20.8 Å². The lowest BCUT2D eigenvalue weighted by Gasteiger charge is -2.54. The van der Waals surface area contributed by atoms with Crippen molar-refractivity contribution in [1.29, 1.82) is 0 Å². The van der Waals surface area contributed by atoms with E-state index in [0.29, 0.717) is 17.8 Å². The third-order valence-corrected chi connectivity index (χ3v) is 9.92. The lowest BCUT2D eigenvalue weighted by atomic mass is 9.52. The number of aliphatic hydroxyl groups excluding tert-OH is 1. The molecule has 1 spiro atoms. The molecule has 5 rings (SSSR count). The summed E-state index contributed by atoms with van der Waals surface area (Å²) in [5, 5.41) is 21.2. The SMILES string of the molecule is COC1(OC)CCC2=C(CC[C@@H]3[C@@H]2CC[C@@]2(C)[C@H]3CC3(CC3)[C@@]2(O)C#CCO)C1. The average molecular weight is 401 g/mol. The van der Waals surface area contributed by atoms with E-state index in [0.717, 1.165) is 57.8 Å². The maximum atomic E-state index is 11.9. The van der Waals surface area contributed by atoms with E-state index >= 15 is 0 Å². The maximum absolute atomic E-state index is 11.9. The van der Waals surface area contributed by atoms with Gasteiger partial charge < -0.3 is 19.7 Å². The van der Waals surface area contributed by atoms with Gasteiger partial charge in [-0.25, -0.2) is 0 Å². The van der Waals surface area contributed by atoms with Gasteiger partial charge in [-0.1, -0.05) is 29.9 Å². The van der Waals surface area contributed by atoms with Gasteiger partial charge in [0.05, 0.1) is 0 Å². The second kappa shape index (κ2) is 6.57. The Kier molecular flexibility index (Phi) is 4.54. The zero-order valence-electron chi connectivity index (χ0n) is 18.2. The van der Waals surface area contributed by atoms with E-state index in [4.69, 9.17) is 9.47 Å². The molecule has 29 heavy (non-hydrogen) atoms. The van der Waals surface area contributed by atoms with E-state index in [9.17, 15) is 10.2 Å². The minimum Gasteiger partial charge on any atom is -0.384 e. The molecule has 0 aromatic carbocycles. The molecule has 0 heterocycles. The van der Waals surface area contributed by atoms with Gasteiger partial charge in [0.15, 0.2) is 5.79 Å². The lowest BCUT2D eigenvalue weighted by Crippen LogP contribution is -2.53. The van der Waals surface area contributed by atoms with E-state index in [-0.39, 0.29) is 17.4 Å². The molecule has 4 nitrogen and oxygen atoms in total. The summed E-state index contributed by atoms with van der Waals surface area (Å²) in [6.45, 7) is 2.14. The molecule has 5 atom stereocenters. The molecule has 5 aliphatic rings. The van der Waals surface area contributed by atoms with E-state index in [1.807, 2.05) is 0 Å². The summed E-state index contributed by atoms with van der Waals surface area (Å²) in [4.78, 5) is 0. The van der Waals surface area contributed by atoms with Crippen molar-refractivity contribution >= 4 is 0 Å². The first-order valence-electron chi connectivity index (χ1n) is 11.5. The smallest absolute Gasteiger partial charge is 0.171 e. The molecule has 0 aliphatic heterocycles. The predicted octanol–water partition coefficient (Wildman–Crippen LogP) is 3.81. The van der Waals surface area contributed by atoms with Gasteiger partial charge in [0.2, 0.25) is 0 Å². The molecular formula is C25H36O4. The van der Waals surface area contributed by atoms with Crippen LogP contribution in [-0.2, 0) is 9.47 Å². The fraction of sp³-hybridized carbons (Fsp3) is 0.840. The molecule has 0 aromatic heterocycles. The Bertz CT molecular complexity index is 780. The third-order valence-electron chi connectivity index (χ3n) is 9.92. The Morgan fingerprint density at radius 3 is 2.48 bits per heavy atom. The van der Waals surface area contributed by atoms with Gasteiger partial charge in [-0.15, -0.1) is 0 Å². The first-order valence-corrected chi connectivity index (χ1v) is 11.5. The van der Waals surface area contributed by atoms with Crippen LogP contribution >= 0.6 is 0 Å². The van der Waals surface area contributed by atoms with Crippen molar-refractivity contribution in [2.45, 2.75) is 82.5 Å².